The summed E-state index contributed by atoms with van der Waals surface area (Å²) in [5.74, 6) is 1.20. The molecule has 0 bridgehead atoms. The molecule has 0 saturated carbocycles. The highest BCUT2D eigenvalue weighted by atomic mass is 35.5. The highest BCUT2D eigenvalue weighted by molar-refractivity contribution is 7.20. The average molecular weight is 318 g/mol. The van der Waals surface area contributed by atoms with E-state index in [0.29, 0.717) is 26.7 Å². The van der Waals surface area contributed by atoms with Crippen LogP contribution in [0.2, 0.25) is 5.02 Å². The van der Waals surface area contributed by atoms with E-state index in [4.69, 9.17) is 16.0 Å². The van der Waals surface area contributed by atoms with Crippen molar-refractivity contribution < 1.29 is 4.42 Å². The first-order valence-corrected chi connectivity index (χ1v) is 7.28. The number of rotatable bonds is 3. The minimum Gasteiger partial charge on any atom is -0.461 e. The Kier molecular flexibility index (Phi) is 2.87. The molecule has 0 atom stereocenters. The lowest BCUT2D eigenvalue weighted by Crippen LogP contribution is -1.93. The zero-order valence-electron chi connectivity index (χ0n) is 10.5. The van der Waals surface area contributed by atoms with Crippen molar-refractivity contribution in [3.05, 3.63) is 47.7 Å². The summed E-state index contributed by atoms with van der Waals surface area (Å²) in [7, 11) is 0. The maximum Gasteiger partial charge on any atom is 0.236 e. The molecule has 0 spiro atoms. The summed E-state index contributed by atoms with van der Waals surface area (Å²) in [6.45, 7) is 0. The van der Waals surface area contributed by atoms with Crippen LogP contribution in [-0.2, 0) is 0 Å². The lowest BCUT2D eigenvalue weighted by atomic mass is 10.3. The average Bonchev–Trinajstić information content (AvgIpc) is 3.14. The second-order valence-corrected chi connectivity index (χ2v) is 5.63. The fourth-order valence-corrected chi connectivity index (χ4v) is 2.87. The Bertz CT molecular complexity index is 898. The van der Waals surface area contributed by atoms with Crippen molar-refractivity contribution in [2.45, 2.75) is 0 Å². The summed E-state index contributed by atoms with van der Waals surface area (Å²) in [6.07, 6.45) is 1.59. The third kappa shape index (κ3) is 2.26. The lowest BCUT2D eigenvalue weighted by Gasteiger charge is -2.01. The highest BCUT2D eigenvalue weighted by Gasteiger charge is 2.15. The summed E-state index contributed by atoms with van der Waals surface area (Å²) in [5.41, 5.74) is 0.868. The lowest BCUT2D eigenvalue weighted by molar-refractivity contribution is 0.575. The molecule has 1 N–H and O–H groups in total. The number of hydrogen-bond acceptors (Lipinski definition) is 6. The Morgan fingerprint density at radius 3 is 2.95 bits per heavy atom. The van der Waals surface area contributed by atoms with Crippen LogP contribution in [0.25, 0.3) is 16.5 Å². The van der Waals surface area contributed by atoms with Crippen LogP contribution in [0.4, 0.5) is 10.8 Å². The number of furan rings is 1. The maximum atomic E-state index is 5.96. The molecular formula is C13H8ClN5OS. The smallest absolute Gasteiger partial charge is 0.236 e. The van der Waals surface area contributed by atoms with Gasteiger partial charge in [0.1, 0.15) is 0 Å². The molecule has 6 nitrogen and oxygen atoms in total. The number of anilines is 2. The molecular weight excluding hydrogens is 310 g/mol. The van der Waals surface area contributed by atoms with E-state index in [1.54, 1.807) is 16.8 Å². The summed E-state index contributed by atoms with van der Waals surface area (Å²) in [5, 5.41) is 17.2. The van der Waals surface area contributed by atoms with Gasteiger partial charge < -0.3 is 9.73 Å². The summed E-state index contributed by atoms with van der Waals surface area (Å²) < 4.78 is 6.98. The molecule has 21 heavy (non-hydrogen) atoms. The number of halogens is 1. The van der Waals surface area contributed by atoms with Crippen LogP contribution in [0.5, 0.6) is 0 Å². The molecule has 0 radical (unpaired) electrons. The van der Waals surface area contributed by atoms with Gasteiger partial charge in [0.25, 0.3) is 0 Å². The predicted octanol–water partition coefficient (Wildman–Crippen LogP) is 3.84. The van der Waals surface area contributed by atoms with Gasteiger partial charge in [-0.05, 0) is 30.3 Å². The van der Waals surface area contributed by atoms with Gasteiger partial charge in [-0.15, -0.1) is 15.3 Å². The molecule has 0 saturated heterocycles. The monoisotopic (exact) mass is 317 g/mol. The van der Waals surface area contributed by atoms with Gasteiger partial charge in [-0.1, -0.05) is 29.0 Å². The van der Waals surface area contributed by atoms with E-state index >= 15 is 0 Å². The number of hydrogen-bond donors (Lipinski definition) is 1. The third-order valence-corrected chi connectivity index (χ3v) is 3.86. The molecule has 0 aliphatic heterocycles. The second-order valence-electron chi connectivity index (χ2n) is 4.24. The largest absolute Gasteiger partial charge is 0.461 e. The van der Waals surface area contributed by atoms with E-state index in [1.165, 1.54) is 11.3 Å². The molecule has 3 heterocycles. The first-order valence-electron chi connectivity index (χ1n) is 6.08. The normalized spacial score (nSPS) is 11.1. The number of nitrogens with one attached hydrogen (secondary N) is 1. The van der Waals surface area contributed by atoms with Crippen molar-refractivity contribution in [2.24, 2.45) is 0 Å². The van der Waals surface area contributed by atoms with Gasteiger partial charge in [-0.2, -0.15) is 4.52 Å². The van der Waals surface area contributed by atoms with Crippen LogP contribution in [0.15, 0.2) is 47.1 Å². The van der Waals surface area contributed by atoms with E-state index < -0.39 is 0 Å². The van der Waals surface area contributed by atoms with Crippen LogP contribution >= 0.6 is 22.9 Å². The molecule has 8 heteroatoms. The number of fused-ring (bicyclic) bond motifs is 1. The van der Waals surface area contributed by atoms with Gasteiger partial charge in [0.15, 0.2) is 5.76 Å². The van der Waals surface area contributed by atoms with E-state index in [0.717, 1.165) is 5.69 Å². The summed E-state index contributed by atoms with van der Waals surface area (Å²) in [6, 6.07) is 11.1. The molecule has 0 amide bonds. The first kappa shape index (κ1) is 12.4. The van der Waals surface area contributed by atoms with Gasteiger partial charge in [0.2, 0.25) is 15.9 Å². The van der Waals surface area contributed by atoms with Gasteiger partial charge in [-0.3, -0.25) is 0 Å². The van der Waals surface area contributed by atoms with Crippen molar-refractivity contribution in [1.82, 2.24) is 19.8 Å². The topological polar surface area (TPSA) is 68.2 Å². The minimum atomic E-state index is 0.574. The van der Waals surface area contributed by atoms with Crippen LogP contribution in [0.1, 0.15) is 0 Å². The molecule has 4 rings (SSSR count). The number of nitrogens with zero attached hydrogens (tertiary/aromatic N) is 4. The summed E-state index contributed by atoms with van der Waals surface area (Å²) >= 11 is 7.36. The van der Waals surface area contributed by atoms with Crippen LogP contribution in [0.3, 0.4) is 0 Å². The zero-order chi connectivity index (χ0) is 14.2. The summed E-state index contributed by atoms with van der Waals surface area (Å²) in [4.78, 5) is 0.686. The third-order valence-electron chi connectivity index (χ3n) is 2.81. The number of aromatic nitrogens is 4. The Hall–Kier alpha value is -2.38. The molecule has 0 unspecified atom stereocenters. The zero-order valence-corrected chi connectivity index (χ0v) is 12.1. The van der Waals surface area contributed by atoms with E-state index in [2.05, 4.69) is 20.6 Å². The Labute approximate surface area is 128 Å². The first-order chi connectivity index (χ1) is 10.3. The van der Waals surface area contributed by atoms with Crippen molar-refractivity contribution in [3.63, 3.8) is 0 Å². The van der Waals surface area contributed by atoms with Gasteiger partial charge in [-0.25, -0.2) is 0 Å². The van der Waals surface area contributed by atoms with Crippen molar-refractivity contribution in [2.75, 3.05) is 5.32 Å². The maximum absolute atomic E-state index is 5.96. The SMILES string of the molecule is Clc1cccc(Nc2nn3c(-c4ccco4)nnc3s2)c1. The van der Waals surface area contributed by atoms with Crippen LogP contribution in [0, 0.1) is 0 Å². The van der Waals surface area contributed by atoms with Gasteiger partial charge in [0.05, 0.1) is 6.26 Å². The molecule has 4 aromatic rings. The van der Waals surface area contributed by atoms with Gasteiger partial charge >= 0.3 is 0 Å². The Morgan fingerprint density at radius 1 is 1.19 bits per heavy atom. The van der Waals surface area contributed by atoms with Crippen molar-refractivity contribution in [1.29, 1.82) is 0 Å². The molecule has 104 valence electrons. The fraction of sp³-hybridized carbons (Fsp3) is 0. The molecule has 0 aliphatic carbocycles. The fourth-order valence-electron chi connectivity index (χ4n) is 1.92. The van der Waals surface area contributed by atoms with E-state index in [9.17, 15) is 0 Å². The van der Waals surface area contributed by atoms with Gasteiger partial charge in [0, 0.05) is 10.7 Å². The predicted molar refractivity (Wildman–Crippen MR) is 81.1 cm³/mol. The van der Waals surface area contributed by atoms with E-state index in [1.807, 2.05) is 30.3 Å². The molecule has 0 aliphatic rings. The second kappa shape index (κ2) is 4.87. The number of benzene rings is 1. The molecule has 0 fully saturated rings. The standard InChI is InChI=1S/C13H8ClN5OS/c14-8-3-1-4-9(7-8)15-12-18-19-11(10-5-2-6-20-10)16-17-13(19)21-12/h1-7H,(H,15,18). The minimum absolute atomic E-state index is 0.574. The van der Waals surface area contributed by atoms with E-state index in [-0.39, 0.29) is 0 Å². The Morgan fingerprint density at radius 2 is 2.14 bits per heavy atom. The molecule has 1 aromatic carbocycles. The van der Waals surface area contributed by atoms with Crippen LogP contribution in [-0.4, -0.2) is 19.8 Å². The van der Waals surface area contributed by atoms with Crippen LogP contribution < -0.4 is 5.32 Å². The van der Waals surface area contributed by atoms with Crippen molar-refractivity contribution >= 4 is 38.7 Å². The van der Waals surface area contributed by atoms with Crippen molar-refractivity contribution in [3.8, 4) is 11.6 Å². The quantitative estimate of drug-likeness (QED) is 0.621. The highest BCUT2D eigenvalue weighted by Crippen LogP contribution is 2.27. The molecule has 3 aromatic heterocycles. The Balaban J connectivity index is 1.71.